The number of aliphatic hydroxyl groups is 2. The van der Waals surface area contributed by atoms with Crippen molar-refractivity contribution in [2.75, 3.05) is 0 Å². The fourth-order valence-electron chi connectivity index (χ4n) is 4.33. The van der Waals surface area contributed by atoms with Crippen LogP contribution in [-0.2, 0) is 9.53 Å². The molecule has 1 aliphatic heterocycles. The van der Waals surface area contributed by atoms with Gasteiger partial charge < -0.3 is 14.9 Å². The van der Waals surface area contributed by atoms with Crippen LogP contribution < -0.4 is 0 Å². The summed E-state index contributed by atoms with van der Waals surface area (Å²) in [5.74, 6) is -0.329. The lowest BCUT2D eigenvalue weighted by atomic mass is 9.52. The highest BCUT2D eigenvalue weighted by atomic mass is 16.6. The summed E-state index contributed by atoms with van der Waals surface area (Å²) in [6, 6.07) is 0. The quantitative estimate of drug-likeness (QED) is 0.514. The molecule has 0 aromatic carbocycles. The summed E-state index contributed by atoms with van der Waals surface area (Å²) >= 11 is 0. The number of carbonyl (C=O) groups is 1. The van der Waals surface area contributed by atoms with Gasteiger partial charge in [0.05, 0.1) is 12.0 Å². The summed E-state index contributed by atoms with van der Waals surface area (Å²) in [5.41, 5.74) is -1.03. The van der Waals surface area contributed by atoms with Crippen LogP contribution in [0.5, 0.6) is 0 Å². The van der Waals surface area contributed by atoms with Gasteiger partial charge in [-0.05, 0) is 31.8 Å². The summed E-state index contributed by atoms with van der Waals surface area (Å²) in [5, 5.41) is 21.6. The van der Waals surface area contributed by atoms with Crippen LogP contribution in [0.1, 0.15) is 40.0 Å². The van der Waals surface area contributed by atoms with Crippen LogP contribution in [0.25, 0.3) is 0 Å². The van der Waals surface area contributed by atoms with Crippen molar-refractivity contribution in [2.45, 2.75) is 57.8 Å². The number of hydrogen-bond acceptors (Lipinski definition) is 4. The van der Waals surface area contributed by atoms with E-state index in [9.17, 15) is 15.0 Å². The molecule has 6 atom stereocenters. The smallest absolute Gasteiger partial charge is 0.309 e. The highest BCUT2D eigenvalue weighted by molar-refractivity contribution is 5.75. The summed E-state index contributed by atoms with van der Waals surface area (Å²) in [6.45, 7) is 5.67. The monoisotopic (exact) mass is 266 g/mol. The second-order valence-electron chi connectivity index (χ2n) is 6.67. The maximum absolute atomic E-state index is 11.8. The van der Waals surface area contributed by atoms with Gasteiger partial charge in [0.2, 0.25) is 0 Å². The fourth-order valence-corrected chi connectivity index (χ4v) is 4.33. The largest absolute Gasteiger partial charge is 0.458 e. The Morgan fingerprint density at radius 2 is 2.16 bits per heavy atom. The normalized spacial score (nSPS) is 53.1. The van der Waals surface area contributed by atoms with Crippen LogP contribution in [0.2, 0.25) is 0 Å². The summed E-state index contributed by atoms with van der Waals surface area (Å²) in [6.07, 6.45) is 2.88. The Hall–Kier alpha value is -0.870. The molecule has 4 nitrogen and oxygen atoms in total. The van der Waals surface area contributed by atoms with E-state index < -0.39 is 23.2 Å². The predicted molar refractivity (Wildman–Crippen MR) is 69.2 cm³/mol. The molecule has 3 aliphatic rings. The van der Waals surface area contributed by atoms with Gasteiger partial charge in [-0.3, -0.25) is 4.79 Å². The van der Waals surface area contributed by atoms with Gasteiger partial charge in [0.25, 0.3) is 0 Å². The van der Waals surface area contributed by atoms with Crippen molar-refractivity contribution >= 4 is 5.97 Å². The molecule has 0 amide bonds. The van der Waals surface area contributed by atoms with E-state index >= 15 is 0 Å². The van der Waals surface area contributed by atoms with Crippen LogP contribution in [0, 0.1) is 17.3 Å². The SMILES string of the molecule is CC1=CC[C@H](O)[C@]2(C)CC[C@H]3[C@H](C)C(=O)O[C@@H]3[C@@]12O. The molecular formula is C15H22O4. The first-order chi connectivity index (χ1) is 8.82. The van der Waals surface area contributed by atoms with E-state index in [2.05, 4.69) is 0 Å². The second-order valence-corrected chi connectivity index (χ2v) is 6.67. The first-order valence-corrected chi connectivity index (χ1v) is 7.10. The number of carbonyl (C=O) groups excluding carboxylic acids is 1. The summed E-state index contributed by atoms with van der Waals surface area (Å²) in [7, 11) is 0. The maximum atomic E-state index is 11.8. The highest BCUT2D eigenvalue weighted by Crippen LogP contribution is 2.58. The molecular weight excluding hydrogens is 244 g/mol. The van der Waals surface area contributed by atoms with Crippen molar-refractivity contribution in [3.05, 3.63) is 11.6 Å². The molecule has 1 saturated heterocycles. The molecule has 1 saturated carbocycles. The Kier molecular flexibility index (Phi) is 2.64. The minimum Gasteiger partial charge on any atom is -0.458 e. The molecule has 0 radical (unpaired) electrons. The standard InChI is InChI=1S/C15H22O4/c1-8-4-5-11(16)14(3)7-6-10-9(2)13(17)19-12(10)15(8,14)18/h4,9-12,16,18H,5-7H2,1-3H3/t9-,10-,11-,12-,14-,15-/m0/s1. The minimum absolute atomic E-state index is 0.0548. The van der Waals surface area contributed by atoms with Crippen LogP contribution in [0.15, 0.2) is 11.6 Å². The first kappa shape index (κ1) is 13.1. The molecule has 0 aromatic heterocycles. The van der Waals surface area contributed by atoms with Crippen molar-refractivity contribution < 1.29 is 19.7 Å². The number of fused-ring (bicyclic) bond motifs is 3. The van der Waals surface area contributed by atoms with Gasteiger partial charge >= 0.3 is 5.97 Å². The van der Waals surface area contributed by atoms with Crippen molar-refractivity contribution in [3.63, 3.8) is 0 Å². The average molecular weight is 266 g/mol. The first-order valence-electron chi connectivity index (χ1n) is 7.10. The van der Waals surface area contributed by atoms with Crippen LogP contribution in [0.3, 0.4) is 0 Å². The summed E-state index contributed by atoms with van der Waals surface area (Å²) in [4.78, 5) is 11.8. The van der Waals surface area contributed by atoms with Crippen molar-refractivity contribution in [1.29, 1.82) is 0 Å². The topological polar surface area (TPSA) is 66.8 Å². The fraction of sp³-hybridized carbons (Fsp3) is 0.800. The van der Waals surface area contributed by atoms with Crippen molar-refractivity contribution in [1.82, 2.24) is 0 Å². The second kappa shape index (κ2) is 3.83. The third-order valence-corrected chi connectivity index (χ3v) is 5.91. The van der Waals surface area contributed by atoms with Gasteiger partial charge in [-0.2, -0.15) is 0 Å². The molecule has 2 aliphatic carbocycles. The highest BCUT2D eigenvalue weighted by Gasteiger charge is 2.66. The van der Waals surface area contributed by atoms with E-state index in [1.165, 1.54) is 0 Å². The van der Waals surface area contributed by atoms with E-state index in [1.807, 2.05) is 26.8 Å². The van der Waals surface area contributed by atoms with E-state index in [0.29, 0.717) is 6.42 Å². The van der Waals surface area contributed by atoms with Crippen LogP contribution in [-0.4, -0.2) is 34.0 Å². The lowest BCUT2D eigenvalue weighted by molar-refractivity contribution is -0.209. The van der Waals surface area contributed by atoms with E-state index in [-0.39, 0.29) is 17.8 Å². The van der Waals surface area contributed by atoms with Crippen LogP contribution in [0.4, 0.5) is 0 Å². The van der Waals surface area contributed by atoms with Gasteiger partial charge in [-0.15, -0.1) is 0 Å². The molecule has 4 heteroatoms. The number of aliphatic hydroxyl groups excluding tert-OH is 1. The minimum atomic E-state index is -1.23. The van der Waals surface area contributed by atoms with Gasteiger partial charge in [-0.25, -0.2) is 0 Å². The molecule has 19 heavy (non-hydrogen) atoms. The van der Waals surface area contributed by atoms with Crippen LogP contribution >= 0.6 is 0 Å². The zero-order chi connectivity index (χ0) is 14.0. The molecule has 0 aromatic rings. The van der Waals surface area contributed by atoms with E-state index in [4.69, 9.17) is 4.74 Å². The van der Waals surface area contributed by atoms with Gasteiger partial charge in [0.15, 0.2) is 0 Å². The Morgan fingerprint density at radius 1 is 1.47 bits per heavy atom. The molecule has 106 valence electrons. The number of hydrogen-bond donors (Lipinski definition) is 2. The van der Waals surface area contributed by atoms with Gasteiger partial charge in [0, 0.05) is 11.3 Å². The lowest BCUT2D eigenvalue weighted by Gasteiger charge is -2.57. The molecule has 1 heterocycles. The molecule has 2 N–H and O–H groups in total. The zero-order valence-electron chi connectivity index (χ0n) is 11.7. The molecule has 0 unspecified atom stereocenters. The Balaban J connectivity index is 2.11. The van der Waals surface area contributed by atoms with Crippen molar-refractivity contribution in [2.24, 2.45) is 17.3 Å². The number of esters is 1. The maximum Gasteiger partial charge on any atom is 0.309 e. The third-order valence-electron chi connectivity index (χ3n) is 5.91. The Morgan fingerprint density at radius 3 is 2.84 bits per heavy atom. The lowest BCUT2D eigenvalue weighted by Crippen LogP contribution is -2.66. The average Bonchev–Trinajstić information content (AvgIpc) is 2.66. The summed E-state index contributed by atoms with van der Waals surface area (Å²) < 4.78 is 5.49. The zero-order valence-corrected chi connectivity index (χ0v) is 11.7. The predicted octanol–water partition coefficient (Wildman–Crippen LogP) is 1.41. The van der Waals surface area contributed by atoms with Gasteiger partial charge in [0.1, 0.15) is 11.7 Å². The van der Waals surface area contributed by atoms with E-state index in [1.54, 1.807) is 0 Å². The molecule has 2 fully saturated rings. The van der Waals surface area contributed by atoms with Gasteiger partial charge in [-0.1, -0.05) is 19.9 Å². The molecule has 0 spiro atoms. The number of ether oxygens (including phenoxy) is 1. The molecule has 3 rings (SSSR count). The van der Waals surface area contributed by atoms with E-state index in [0.717, 1.165) is 18.4 Å². The Bertz CT molecular complexity index is 457. The number of rotatable bonds is 0. The van der Waals surface area contributed by atoms with Crippen molar-refractivity contribution in [3.8, 4) is 0 Å². The third kappa shape index (κ3) is 1.39. The molecule has 0 bridgehead atoms. The Labute approximate surface area is 113 Å².